The van der Waals surface area contributed by atoms with E-state index in [-0.39, 0.29) is 36.0 Å². The number of hydrogen-bond donors (Lipinski definition) is 1. The van der Waals surface area contributed by atoms with Gasteiger partial charge in [-0.15, -0.1) is 11.8 Å². The van der Waals surface area contributed by atoms with Crippen LogP contribution in [0.1, 0.15) is 43.9 Å². The Morgan fingerprint density at radius 3 is 2.33 bits per heavy atom. The molecular weight excluding hydrogens is 399 g/mol. The highest BCUT2D eigenvalue weighted by atomic mass is 32.2. The van der Waals surface area contributed by atoms with Crippen LogP contribution in [0.5, 0.6) is 0 Å². The SMILES string of the molecule is CCC(C)NC(=O)C(C)N(Cc1ccccc1F)C(=O)CSCc1ccccc1C. The maximum atomic E-state index is 14.2. The lowest BCUT2D eigenvalue weighted by Gasteiger charge is -2.29. The van der Waals surface area contributed by atoms with Gasteiger partial charge in [0, 0.05) is 23.9 Å². The predicted octanol–water partition coefficient (Wildman–Crippen LogP) is 4.70. The van der Waals surface area contributed by atoms with Crippen molar-refractivity contribution in [3.05, 3.63) is 71.0 Å². The Kier molecular flexibility index (Phi) is 9.37. The van der Waals surface area contributed by atoms with E-state index in [0.717, 1.165) is 6.42 Å². The van der Waals surface area contributed by atoms with Crippen molar-refractivity contribution in [3.8, 4) is 0 Å². The molecule has 0 saturated carbocycles. The molecule has 1 N–H and O–H groups in total. The number of nitrogens with one attached hydrogen (secondary N) is 1. The van der Waals surface area contributed by atoms with Crippen LogP contribution in [0.4, 0.5) is 4.39 Å². The van der Waals surface area contributed by atoms with Gasteiger partial charge in [0.1, 0.15) is 11.9 Å². The number of carbonyl (C=O) groups excluding carboxylic acids is 2. The van der Waals surface area contributed by atoms with Gasteiger partial charge in [-0.1, -0.05) is 49.4 Å². The molecule has 2 aromatic carbocycles. The highest BCUT2D eigenvalue weighted by molar-refractivity contribution is 7.99. The van der Waals surface area contributed by atoms with Crippen LogP contribution in [0.3, 0.4) is 0 Å². The Hall–Kier alpha value is -2.34. The summed E-state index contributed by atoms with van der Waals surface area (Å²) in [5.74, 6) is 0.155. The molecule has 4 nitrogen and oxygen atoms in total. The third-order valence-electron chi connectivity index (χ3n) is 5.21. The Labute approximate surface area is 183 Å². The number of hydrogen-bond acceptors (Lipinski definition) is 3. The topological polar surface area (TPSA) is 49.4 Å². The zero-order chi connectivity index (χ0) is 22.1. The standard InChI is InChI=1S/C24H31FN2O2S/c1-5-18(3)26-24(29)19(4)27(14-20-11-8-9-13-22(20)25)23(28)16-30-15-21-12-7-6-10-17(21)2/h6-13,18-19H,5,14-16H2,1-4H3,(H,26,29). The first-order valence-corrected chi connectivity index (χ1v) is 11.4. The van der Waals surface area contributed by atoms with Crippen LogP contribution in [-0.4, -0.2) is 34.6 Å². The first kappa shape index (κ1) is 23.9. The summed E-state index contributed by atoms with van der Waals surface area (Å²) in [6.07, 6.45) is 0.798. The second-order valence-electron chi connectivity index (χ2n) is 7.53. The van der Waals surface area contributed by atoms with Gasteiger partial charge in [0.2, 0.25) is 11.8 Å². The molecule has 2 rings (SSSR count). The number of amides is 2. The number of aryl methyl sites for hydroxylation is 1. The molecule has 0 aliphatic carbocycles. The maximum absolute atomic E-state index is 14.2. The van der Waals surface area contributed by atoms with Crippen molar-refractivity contribution in [2.45, 2.75) is 58.5 Å². The summed E-state index contributed by atoms with van der Waals surface area (Å²) in [5.41, 5.74) is 2.76. The van der Waals surface area contributed by atoms with Crippen LogP contribution >= 0.6 is 11.8 Å². The minimum atomic E-state index is -0.690. The van der Waals surface area contributed by atoms with Crippen molar-refractivity contribution in [1.29, 1.82) is 0 Å². The molecule has 2 aromatic rings. The molecule has 162 valence electrons. The Bertz CT molecular complexity index is 859. The summed E-state index contributed by atoms with van der Waals surface area (Å²) in [6, 6.07) is 13.8. The van der Waals surface area contributed by atoms with E-state index in [2.05, 4.69) is 5.32 Å². The molecule has 2 atom stereocenters. The van der Waals surface area contributed by atoms with E-state index < -0.39 is 6.04 Å². The highest BCUT2D eigenvalue weighted by Crippen LogP contribution is 2.19. The van der Waals surface area contributed by atoms with Crippen molar-refractivity contribution in [1.82, 2.24) is 10.2 Å². The fraction of sp³-hybridized carbons (Fsp3) is 0.417. The Morgan fingerprint density at radius 1 is 1.07 bits per heavy atom. The van der Waals surface area contributed by atoms with Crippen molar-refractivity contribution in [2.24, 2.45) is 0 Å². The van der Waals surface area contributed by atoms with Gasteiger partial charge in [-0.05, 0) is 44.4 Å². The molecule has 0 aromatic heterocycles. The molecule has 2 unspecified atom stereocenters. The molecule has 0 aliphatic rings. The minimum absolute atomic E-state index is 0.0146. The monoisotopic (exact) mass is 430 g/mol. The van der Waals surface area contributed by atoms with Gasteiger partial charge in [-0.2, -0.15) is 0 Å². The van der Waals surface area contributed by atoms with Gasteiger partial charge in [-0.25, -0.2) is 4.39 Å². The van der Waals surface area contributed by atoms with E-state index in [4.69, 9.17) is 0 Å². The minimum Gasteiger partial charge on any atom is -0.352 e. The van der Waals surface area contributed by atoms with Gasteiger partial charge >= 0.3 is 0 Å². The molecule has 0 spiro atoms. The van der Waals surface area contributed by atoms with Gasteiger partial charge in [0.15, 0.2) is 0 Å². The fourth-order valence-corrected chi connectivity index (χ4v) is 3.95. The van der Waals surface area contributed by atoms with Crippen molar-refractivity contribution in [3.63, 3.8) is 0 Å². The molecule has 6 heteroatoms. The first-order chi connectivity index (χ1) is 14.3. The van der Waals surface area contributed by atoms with Crippen LogP contribution in [-0.2, 0) is 21.9 Å². The molecule has 0 saturated heterocycles. The largest absolute Gasteiger partial charge is 0.352 e. The van der Waals surface area contributed by atoms with Gasteiger partial charge in [-0.3, -0.25) is 9.59 Å². The fourth-order valence-electron chi connectivity index (χ4n) is 2.96. The van der Waals surface area contributed by atoms with E-state index >= 15 is 0 Å². The van der Waals surface area contributed by atoms with Crippen LogP contribution < -0.4 is 5.32 Å². The second kappa shape index (κ2) is 11.7. The van der Waals surface area contributed by atoms with Gasteiger partial charge in [0.25, 0.3) is 0 Å². The number of benzene rings is 2. The number of thioether (sulfide) groups is 1. The number of nitrogens with zero attached hydrogens (tertiary/aromatic N) is 1. The summed E-state index contributed by atoms with van der Waals surface area (Å²) in [5, 5.41) is 2.92. The lowest BCUT2D eigenvalue weighted by atomic mass is 10.1. The van der Waals surface area contributed by atoms with Crippen molar-refractivity contribution >= 4 is 23.6 Å². The van der Waals surface area contributed by atoms with Crippen LogP contribution in [0.25, 0.3) is 0 Å². The van der Waals surface area contributed by atoms with Crippen LogP contribution in [0, 0.1) is 12.7 Å². The molecule has 0 aliphatic heterocycles. The van der Waals surface area contributed by atoms with Crippen molar-refractivity contribution < 1.29 is 14.0 Å². The molecular formula is C24H31FN2O2S. The summed E-state index contributed by atoms with van der Waals surface area (Å²) in [7, 11) is 0. The lowest BCUT2D eigenvalue weighted by Crippen LogP contribution is -2.50. The molecule has 0 heterocycles. The smallest absolute Gasteiger partial charge is 0.242 e. The second-order valence-corrected chi connectivity index (χ2v) is 8.51. The Balaban J connectivity index is 2.10. The normalized spacial score (nSPS) is 12.8. The van der Waals surface area contributed by atoms with E-state index in [1.54, 1.807) is 25.1 Å². The zero-order valence-electron chi connectivity index (χ0n) is 18.2. The summed E-state index contributed by atoms with van der Waals surface area (Å²) in [4.78, 5) is 27.2. The number of rotatable bonds is 10. The molecule has 0 fully saturated rings. The van der Waals surface area contributed by atoms with Gasteiger partial charge in [0.05, 0.1) is 5.75 Å². The zero-order valence-corrected chi connectivity index (χ0v) is 19.0. The number of carbonyl (C=O) groups is 2. The summed E-state index contributed by atoms with van der Waals surface area (Å²) >= 11 is 1.50. The lowest BCUT2D eigenvalue weighted by molar-refractivity contribution is -0.139. The van der Waals surface area contributed by atoms with Crippen LogP contribution in [0.15, 0.2) is 48.5 Å². The summed E-state index contributed by atoms with van der Waals surface area (Å²) < 4.78 is 14.2. The third-order valence-corrected chi connectivity index (χ3v) is 6.18. The molecule has 0 radical (unpaired) electrons. The molecule has 30 heavy (non-hydrogen) atoms. The maximum Gasteiger partial charge on any atom is 0.242 e. The quantitative estimate of drug-likeness (QED) is 0.594. The number of halogens is 1. The van der Waals surface area contributed by atoms with Crippen LogP contribution in [0.2, 0.25) is 0 Å². The van der Waals surface area contributed by atoms with E-state index in [9.17, 15) is 14.0 Å². The highest BCUT2D eigenvalue weighted by Gasteiger charge is 2.27. The average Bonchev–Trinajstić information content (AvgIpc) is 2.73. The molecule has 0 bridgehead atoms. The Morgan fingerprint density at radius 2 is 1.70 bits per heavy atom. The van der Waals surface area contributed by atoms with E-state index in [0.29, 0.717) is 11.3 Å². The molecule has 2 amide bonds. The van der Waals surface area contributed by atoms with Gasteiger partial charge < -0.3 is 10.2 Å². The third kappa shape index (κ3) is 6.87. The summed E-state index contributed by atoms with van der Waals surface area (Å²) in [6.45, 7) is 7.71. The van der Waals surface area contributed by atoms with E-state index in [1.165, 1.54) is 33.9 Å². The first-order valence-electron chi connectivity index (χ1n) is 10.3. The van der Waals surface area contributed by atoms with Crippen molar-refractivity contribution in [2.75, 3.05) is 5.75 Å². The predicted molar refractivity (Wildman–Crippen MR) is 122 cm³/mol. The van der Waals surface area contributed by atoms with E-state index in [1.807, 2.05) is 45.0 Å². The average molecular weight is 431 g/mol.